The molecule has 2 aliphatic heterocycles. The smallest absolute Gasteiger partial charge is 0.266 e. The van der Waals surface area contributed by atoms with Gasteiger partial charge >= 0.3 is 0 Å². The van der Waals surface area contributed by atoms with Crippen LogP contribution in [0.5, 0.6) is 5.75 Å². The summed E-state index contributed by atoms with van der Waals surface area (Å²) in [7, 11) is 0. The molecule has 0 saturated carbocycles. The van der Waals surface area contributed by atoms with Gasteiger partial charge in [-0.15, -0.1) is 0 Å². The lowest BCUT2D eigenvalue weighted by molar-refractivity contribution is 0.0792. The molecule has 0 atom stereocenters. The standard InChI is InChI=1S/C29H27N3O5/c1-3-37-21-12-10-20(11-13-21)32-27(34)22-14-9-19(17-23(22)28(32)35)26(33)30-24-8-6-7-18(2)25(24)29(36)31-15-4-5-16-31/h6-14,17H,3-5,15-16H2,1-2H3,(H,30,33). The maximum absolute atomic E-state index is 13.2. The second kappa shape index (κ2) is 9.89. The zero-order chi connectivity index (χ0) is 26.1. The van der Waals surface area contributed by atoms with Crippen molar-refractivity contribution in [2.75, 3.05) is 29.9 Å². The van der Waals surface area contributed by atoms with Gasteiger partial charge < -0.3 is 15.0 Å². The summed E-state index contributed by atoms with van der Waals surface area (Å²) in [6, 6.07) is 16.5. The van der Waals surface area contributed by atoms with Gasteiger partial charge in [-0.3, -0.25) is 19.2 Å². The first-order chi connectivity index (χ1) is 17.9. The molecular weight excluding hydrogens is 470 g/mol. The fraction of sp³-hybridized carbons (Fsp3) is 0.241. The molecule has 0 aromatic heterocycles. The molecule has 1 saturated heterocycles. The maximum Gasteiger partial charge on any atom is 0.266 e. The Morgan fingerprint density at radius 2 is 1.62 bits per heavy atom. The summed E-state index contributed by atoms with van der Waals surface area (Å²) in [5.74, 6) is -0.886. The van der Waals surface area contributed by atoms with Crippen molar-refractivity contribution in [3.8, 4) is 5.75 Å². The minimum Gasteiger partial charge on any atom is -0.494 e. The van der Waals surface area contributed by atoms with E-state index in [9.17, 15) is 19.2 Å². The molecule has 8 nitrogen and oxygen atoms in total. The van der Waals surface area contributed by atoms with E-state index in [4.69, 9.17) is 4.74 Å². The van der Waals surface area contributed by atoms with Crippen molar-refractivity contribution in [1.29, 1.82) is 0 Å². The van der Waals surface area contributed by atoms with Crippen LogP contribution in [0.2, 0.25) is 0 Å². The van der Waals surface area contributed by atoms with Crippen molar-refractivity contribution in [3.63, 3.8) is 0 Å². The Morgan fingerprint density at radius 1 is 0.919 bits per heavy atom. The Kier molecular flexibility index (Phi) is 6.48. The number of imide groups is 1. The van der Waals surface area contributed by atoms with E-state index in [0.717, 1.165) is 23.3 Å². The van der Waals surface area contributed by atoms with Crippen molar-refractivity contribution in [2.24, 2.45) is 0 Å². The van der Waals surface area contributed by atoms with Crippen molar-refractivity contribution in [2.45, 2.75) is 26.7 Å². The number of rotatable bonds is 6. The number of nitrogens with zero attached hydrogens (tertiary/aromatic N) is 2. The van der Waals surface area contributed by atoms with E-state index in [1.165, 1.54) is 18.2 Å². The number of fused-ring (bicyclic) bond motifs is 1. The van der Waals surface area contributed by atoms with Crippen LogP contribution in [0.3, 0.4) is 0 Å². The molecule has 0 bridgehead atoms. The van der Waals surface area contributed by atoms with Gasteiger partial charge in [0.1, 0.15) is 5.75 Å². The number of amides is 4. The lowest BCUT2D eigenvalue weighted by atomic mass is 10.0. The molecule has 3 aromatic rings. The number of carbonyl (C=O) groups is 4. The van der Waals surface area contributed by atoms with Gasteiger partial charge in [0.15, 0.2) is 0 Å². The van der Waals surface area contributed by atoms with Gasteiger partial charge in [-0.2, -0.15) is 0 Å². The lowest BCUT2D eigenvalue weighted by Gasteiger charge is -2.19. The molecule has 5 rings (SSSR count). The van der Waals surface area contributed by atoms with Gasteiger partial charge in [0.05, 0.1) is 34.7 Å². The van der Waals surface area contributed by atoms with Crippen LogP contribution < -0.4 is 15.0 Å². The molecule has 3 aromatic carbocycles. The Balaban J connectivity index is 1.39. The number of hydrogen-bond acceptors (Lipinski definition) is 5. The SMILES string of the molecule is CCOc1ccc(N2C(=O)c3ccc(C(=O)Nc4cccc(C)c4C(=O)N4CCCC4)cc3C2=O)cc1. The van der Waals surface area contributed by atoms with Gasteiger partial charge in [0, 0.05) is 18.7 Å². The summed E-state index contributed by atoms with van der Waals surface area (Å²) in [6.07, 6.45) is 1.93. The average molecular weight is 498 g/mol. The zero-order valence-electron chi connectivity index (χ0n) is 20.7. The highest BCUT2D eigenvalue weighted by atomic mass is 16.5. The number of nitrogens with one attached hydrogen (secondary N) is 1. The number of anilines is 2. The molecule has 0 spiro atoms. The van der Waals surface area contributed by atoms with E-state index < -0.39 is 17.7 Å². The van der Waals surface area contributed by atoms with Gasteiger partial charge in [0.2, 0.25) is 0 Å². The summed E-state index contributed by atoms with van der Waals surface area (Å²) in [6.45, 7) is 5.62. The molecule has 1 fully saturated rings. The lowest BCUT2D eigenvalue weighted by Crippen LogP contribution is -2.29. The molecule has 2 heterocycles. The molecule has 8 heteroatoms. The Labute approximate surface area is 214 Å². The first-order valence-electron chi connectivity index (χ1n) is 12.3. The highest BCUT2D eigenvalue weighted by Gasteiger charge is 2.37. The molecule has 0 aliphatic carbocycles. The molecule has 0 radical (unpaired) electrons. The van der Waals surface area contributed by atoms with Crippen molar-refractivity contribution in [3.05, 3.63) is 88.5 Å². The second-order valence-corrected chi connectivity index (χ2v) is 9.08. The van der Waals surface area contributed by atoms with Crippen molar-refractivity contribution in [1.82, 2.24) is 4.90 Å². The monoisotopic (exact) mass is 497 g/mol. The summed E-state index contributed by atoms with van der Waals surface area (Å²) in [5, 5.41) is 2.84. The largest absolute Gasteiger partial charge is 0.494 e. The Morgan fingerprint density at radius 3 is 2.32 bits per heavy atom. The van der Waals surface area contributed by atoms with Crippen LogP contribution in [-0.4, -0.2) is 48.2 Å². The third kappa shape index (κ3) is 4.46. The molecular formula is C29H27N3O5. The number of likely N-dealkylation sites (tertiary alicyclic amines) is 1. The highest BCUT2D eigenvalue weighted by Crippen LogP contribution is 2.31. The first kappa shape index (κ1) is 24.2. The molecule has 188 valence electrons. The van der Waals surface area contributed by atoms with E-state index in [2.05, 4.69) is 5.32 Å². The van der Waals surface area contributed by atoms with Crippen LogP contribution in [0.4, 0.5) is 11.4 Å². The van der Waals surface area contributed by atoms with Gasteiger partial charge in [-0.05, 0) is 80.8 Å². The predicted molar refractivity (Wildman–Crippen MR) is 139 cm³/mol. The summed E-state index contributed by atoms with van der Waals surface area (Å²) in [4.78, 5) is 55.4. The molecule has 2 aliphatic rings. The molecule has 4 amide bonds. The fourth-order valence-corrected chi connectivity index (χ4v) is 4.80. The maximum atomic E-state index is 13.2. The number of carbonyl (C=O) groups excluding carboxylic acids is 4. The van der Waals surface area contributed by atoms with Crippen LogP contribution in [0.25, 0.3) is 0 Å². The average Bonchev–Trinajstić information content (AvgIpc) is 3.52. The van der Waals surface area contributed by atoms with Crippen LogP contribution in [0.1, 0.15) is 66.8 Å². The van der Waals surface area contributed by atoms with Crippen LogP contribution in [0, 0.1) is 6.92 Å². The Hall–Kier alpha value is -4.46. The molecule has 1 N–H and O–H groups in total. The third-order valence-electron chi connectivity index (χ3n) is 6.68. The van der Waals surface area contributed by atoms with Gasteiger partial charge in [0.25, 0.3) is 23.6 Å². The second-order valence-electron chi connectivity index (χ2n) is 9.08. The third-order valence-corrected chi connectivity index (χ3v) is 6.68. The van der Waals surface area contributed by atoms with Crippen LogP contribution in [0.15, 0.2) is 60.7 Å². The zero-order valence-corrected chi connectivity index (χ0v) is 20.7. The highest BCUT2D eigenvalue weighted by molar-refractivity contribution is 6.34. The van der Waals surface area contributed by atoms with Crippen LogP contribution in [-0.2, 0) is 0 Å². The Bertz CT molecular complexity index is 1410. The van der Waals surface area contributed by atoms with E-state index in [1.54, 1.807) is 41.3 Å². The summed E-state index contributed by atoms with van der Waals surface area (Å²) >= 11 is 0. The number of aryl methyl sites for hydroxylation is 1. The van der Waals surface area contributed by atoms with E-state index in [1.807, 2.05) is 19.9 Å². The summed E-state index contributed by atoms with van der Waals surface area (Å²) in [5.41, 5.74) is 2.68. The van der Waals surface area contributed by atoms with Crippen molar-refractivity contribution < 1.29 is 23.9 Å². The quantitative estimate of drug-likeness (QED) is 0.499. The predicted octanol–water partition coefficient (Wildman–Crippen LogP) is 4.68. The fourth-order valence-electron chi connectivity index (χ4n) is 4.80. The number of benzene rings is 3. The van der Waals surface area contributed by atoms with E-state index in [-0.39, 0.29) is 22.6 Å². The van der Waals surface area contributed by atoms with Crippen LogP contribution >= 0.6 is 0 Å². The minimum atomic E-state index is -0.501. The van der Waals surface area contributed by atoms with E-state index in [0.29, 0.717) is 42.4 Å². The molecule has 0 unspecified atom stereocenters. The minimum absolute atomic E-state index is 0.105. The van der Waals surface area contributed by atoms with Crippen molar-refractivity contribution >= 4 is 35.0 Å². The molecule has 37 heavy (non-hydrogen) atoms. The topological polar surface area (TPSA) is 96.0 Å². The number of hydrogen-bond donors (Lipinski definition) is 1. The van der Waals surface area contributed by atoms with Gasteiger partial charge in [-0.1, -0.05) is 12.1 Å². The van der Waals surface area contributed by atoms with Gasteiger partial charge in [-0.25, -0.2) is 4.90 Å². The number of ether oxygens (including phenoxy) is 1. The summed E-state index contributed by atoms with van der Waals surface area (Å²) < 4.78 is 5.43. The normalized spacial score (nSPS) is 14.6. The first-order valence-corrected chi connectivity index (χ1v) is 12.3. The van der Waals surface area contributed by atoms with E-state index >= 15 is 0 Å².